The van der Waals surface area contributed by atoms with Gasteiger partial charge in [-0.25, -0.2) is 0 Å². The molecule has 0 heterocycles. The van der Waals surface area contributed by atoms with Crippen molar-refractivity contribution in [1.29, 1.82) is 0 Å². The van der Waals surface area contributed by atoms with E-state index in [2.05, 4.69) is 5.32 Å². The van der Waals surface area contributed by atoms with Crippen molar-refractivity contribution in [2.45, 2.75) is 51.7 Å². The Labute approximate surface area is 90.8 Å². The van der Waals surface area contributed by atoms with Crippen LogP contribution < -0.4 is 5.32 Å². The van der Waals surface area contributed by atoms with E-state index >= 15 is 0 Å². The van der Waals surface area contributed by atoms with Gasteiger partial charge in [0.15, 0.2) is 0 Å². The van der Waals surface area contributed by atoms with Gasteiger partial charge in [0, 0.05) is 12.3 Å². The Bertz CT molecular complexity index is 181. The number of nitrogens with one attached hydrogen (secondary N) is 1. The van der Waals surface area contributed by atoms with Gasteiger partial charge in [0.05, 0.1) is 11.6 Å². The first-order valence-electron chi connectivity index (χ1n) is 4.95. The summed E-state index contributed by atoms with van der Waals surface area (Å²) in [4.78, 5) is 11.4. The molecule has 0 aliphatic rings. The molecule has 14 heavy (non-hydrogen) atoms. The van der Waals surface area contributed by atoms with Gasteiger partial charge in [-0.3, -0.25) is 4.79 Å². The Morgan fingerprint density at radius 2 is 2.07 bits per heavy atom. The summed E-state index contributed by atoms with van der Waals surface area (Å²) in [5, 5.41) is 12.1. The average Bonchev–Trinajstić information content (AvgIpc) is 2.03. The van der Waals surface area contributed by atoms with Gasteiger partial charge >= 0.3 is 0 Å². The van der Waals surface area contributed by atoms with E-state index in [-0.39, 0.29) is 5.91 Å². The fraction of sp³-hybridized carbons (Fsp3) is 0.900. The van der Waals surface area contributed by atoms with Crippen LogP contribution in [-0.2, 0) is 4.79 Å². The number of halogens is 1. The first-order valence-corrected chi connectivity index (χ1v) is 5.48. The first-order chi connectivity index (χ1) is 6.40. The van der Waals surface area contributed by atoms with Crippen LogP contribution in [0, 0.1) is 0 Å². The normalized spacial score (nSPS) is 13.8. The van der Waals surface area contributed by atoms with Crippen LogP contribution in [0.5, 0.6) is 0 Å². The third-order valence-electron chi connectivity index (χ3n) is 2.29. The molecule has 0 saturated carbocycles. The number of rotatable bonds is 6. The van der Waals surface area contributed by atoms with Gasteiger partial charge in [-0.05, 0) is 33.6 Å². The van der Waals surface area contributed by atoms with E-state index in [9.17, 15) is 9.90 Å². The first kappa shape index (κ1) is 13.7. The van der Waals surface area contributed by atoms with E-state index in [0.717, 1.165) is 12.8 Å². The molecule has 2 N–H and O–H groups in total. The second-order valence-corrected chi connectivity index (χ2v) is 4.47. The Morgan fingerprint density at radius 3 is 2.50 bits per heavy atom. The fourth-order valence-corrected chi connectivity index (χ4v) is 1.10. The lowest BCUT2D eigenvalue weighted by atomic mass is 9.98. The summed E-state index contributed by atoms with van der Waals surface area (Å²) in [5.74, 6) is 0.564. The molecule has 0 aliphatic carbocycles. The molecule has 0 rings (SSSR count). The molecule has 0 aromatic rings. The summed E-state index contributed by atoms with van der Waals surface area (Å²) in [5.41, 5.74) is -0.557. The molecule has 1 unspecified atom stereocenters. The summed E-state index contributed by atoms with van der Waals surface area (Å²) >= 11 is 5.50. The highest BCUT2D eigenvalue weighted by Gasteiger charge is 2.25. The summed E-state index contributed by atoms with van der Waals surface area (Å²) in [6, 6.07) is 0. The number of unbranched alkanes of at least 4 members (excludes halogenated alkanes) is 1. The van der Waals surface area contributed by atoms with Gasteiger partial charge in [0.25, 0.3) is 0 Å². The SMILES string of the molecule is CC(O)C(C)(C)NC(=O)CCCCCl. The lowest BCUT2D eigenvalue weighted by Gasteiger charge is -2.29. The van der Waals surface area contributed by atoms with Crippen molar-refractivity contribution in [2.24, 2.45) is 0 Å². The van der Waals surface area contributed by atoms with E-state index in [1.165, 1.54) is 0 Å². The molecule has 84 valence electrons. The van der Waals surface area contributed by atoms with Crippen molar-refractivity contribution < 1.29 is 9.90 Å². The molecule has 0 saturated heterocycles. The van der Waals surface area contributed by atoms with Crippen molar-refractivity contribution in [3.05, 3.63) is 0 Å². The van der Waals surface area contributed by atoms with Crippen molar-refractivity contribution in [3.8, 4) is 0 Å². The molecule has 4 heteroatoms. The highest BCUT2D eigenvalue weighted by molar-refractivity contribution is 6.17. The Balaban J connectivity index is 3.82. The number of alkyl halides is 1. The number of hydrogen-bond donors (Lipinski definition) is 2. The van der Waals surface area contributed by atoms with Crippen LogP contribution in [0.25, 0.3) is 0 Å². The Morgan fingerprint density at radius 1 is 1.50 bits per heavy atom. The molecule has 0 bridgehead atoms. The van der Waals surface area contributed by atoms with Gasteiger partial charge < -0.3 is 10.4 Å². The second-order valence-electron chi connectivity index (χ2n) is 4.09. The lowest BCUT2D eigenvalue weighted by molar-refractivity contribution is -0.124. The van der Waals surface area contributed by atoms with Crippen molar-refractivity contribution >= 4 is 17.5 Å². The minimum absolute atomic E-state index is 0.0268. The second kappa shape index (κ2) is 6.25. The monoisotopic (exact) mass is 221 g/mol. The highest BCUT2D eigenvalue weighted by Crippen LogP contribution is 2.09. The highest BCUT2D eigenvalue weighted by atomic mass is 35.5. The van der Waals surface area contributed by atoms with E-state index in [4.69, 9.17) is 11.6 Å². The molecular formula is C10H20ClNO2. The summed E-state index contributed by atoms with van der Waals surface area (Å²) in [7, 11) is 0. The molecule has 0 spiro atoms. The van der Waals surface area contributed by atoms with Gasteiger partial charge in [-0.1, -0.05) is 0 Å². The van der Waals surface area contributed by atoms with Gasteiger partial charge in [0.2, 0.25) is 5.91 Å². The van der Waals surface area contributed by atoms with Gasteiger partial charge in [0.1, 0.15) is 0 Å². The maximum absolute atomic E-state index is 11.4. The van der Waals surface area contributed by atoms with Crippen molar-refractivity contribution in [3.63, 3.8) is 0 Å². The molecule has 0 aliphatic heterocycles. The Kier molecular flexibility index (Phi) is 6.12. The smallest absolute Gasteiger partial charge is 0.220 e. The van der Waals surface area contributed by atoms with E-state index in [1.807, 2.05) is 0 Å². The molecule has 1 atom stereocenters. The molecule has 3 nitrogen and oxygen atoms in total. The van der Waals surface area contributed by atoms with Crippen LogP contribution in [0.3, 0.4) is 0 Å². The quantitative estimate of drug-likeness (QED) is 0.530. The minimum Gasteiger partial charge on any atom is -0.391 e. The molecule has 0 aromatic heterocycles. The maximum Gasteiger partial charge on any atom is 0.220 e. The van der Waals surface area contributed by atoms with Crippen LogP contribution in [-0.4, -0.2) is 28.5 Å². The van der Waals surface area contributed by atoms with E-state index < -0.39 is 11.6 Å². The standard InChI is InChI=1S/C10H20ClNO2/c1-8(13)10(2,3)12-9(14)6-4-5-7-11/h8,13H,4-7H2,1-3H3,(H,12,14). The zero-order valence-electron chi connectivity index (χ0n) is 9.14. The van der Waals surface area contributed by atoms with Gasteiger partial charge in [-0.2, -0.15) is 0 Å². The number of aliphatic hydroxyl groups excluding tert-OH is 1. The topological polar surface area (TPSA) is 49.3 Å². The predicted molar refractivity (Wildman–Crippen MR) is 58.5 cm³/mol. The molecule has 0 radical (unpaired) electrons. The molecular weight excluding hydrogens is 202 g/mol. The number of amides is 1. The zero-order chi connectivity index (χ0) is 11.2. The minimum atomic E-state index is -0.557. The predicted octanol–water partition coefficient (Wildman–Crippen LogP) is 1.67. The summed E-state index contributed by atoms with van der Waals surface area (Å²) in [6.45, 7) is 5.27. The summed E-state index contributed by atoms with van der Waals surface area (Å²) < 4.78 is 0. The zero-order valence-corrected chi connectivity index (χ0v) is 9.90. The number of carbonyl (C=O) groups excluding carboxylic acids is 1. The van der Waals surface area contributed by atoms with Crippen molar-refractivity contribution in [2.75, 3.05) is 5.88 Å². The van der Waals surface area contributed by atoms with Crippen LogP contribution in [0.2, 0.25) is 0 Å². The Hall–Kier alpha value is -0.280. The van der Waals surface area contributed by atoms with Gasteiger partial charge in [-0.15, -0.1) is 11.6 Å². The van der Waals surface area contributed by atoms with Crippen LogP contribution >= 0.6 is 11.6 Å². The molecule has 1 amide bonds. The van der Waals surface area contributed by atoms with Crippen molar-refractivity contribution in [1.82, 2.24) is 5.32 Å². The van der Waals surface area contributed by atoms with Crippen LogP contribution in [0.15, 0.2) is 0 Å². The maximum atomic E-state index is 11.4. The third-order valence-corrected chi connectivity index (χ3v) is 2.56. The number of carbonyl (C=O) groups is 1. The van der Waals surface area contributed by atoms with E-state index in [0.29, 0.717) is 12.3 Å². The van der Waals surface area contributed by atoms with E-state index in [1.54, 1.807) is 20.8 Å². The molecule has 0 aromatic carbocycles. The largest absolute Gasteiger partial charge is 0.391 e. The summed E-state index contributed by atoms with van der Waals surface area (Å²) in [6.07, 6.45) is 1.57. The number of hydrogen-bond acceptors (Lipinski definition) is 2. The fourth-order valence-electron chi connectivity index (χ4n) is 0.906. The third kappa shape index (κ3) is 5.45. The number of aliphatic hydroxyl groups is 1. The lowest BCUT2D eigenvalue weighted by Crippen LogP contribution is -2.50. The van der Waals surface area contributed by atoms with Crippen LogP contribution in [0.1, 0.15) is 40.0 Å². The molecule has 0 fully saturated rings. The van der Waals surface area contributed by atoms with Crippen LogP contribution in [0.4, 0.5) is 0 Å². The average molecular weight is 222 g/mol.